The number of carbonyl (C=O) groups is 1. The van der Waals surface area contributed by atoms with Gasteiger partial charge in [-0.2, -0.15) is 0 Å². The third-order valence-corrected chi connectivity index (χ3v) is 3.50. The minimum absolute atomic E-state index is 0.303. The lowest BCUT2D eigenvalue weighted by Gasteiger charge is -2.16. The molecule has 0 fully saturated rings. The largest absolute Gasteiger partial charge is 0.481 e. The van der Waals surface area contributed by atoms with Gasteiger partial charge in [-0.05, 0) is 19.4 Å². The SMILES string of the molecule is CC(C)(Cc1cn(CC(O)Cc2ccccc2)nn1)C(=O)O. The zero-order chi connectivity index (χ0) is 16.2. The first-order valence-electron chi connectivity index (χ1n) is 7.21. The zero-order valence-electron chi connectivity index (χ0n) is 12.8. The predicted molar refractivity (Wildman–Crippen MR) is 81.3 cm³/mol. The van der Waals surface area contributed by atoms with Crippen LogP contribution in [-0.4, -0.2) is 37.3 Å². The molecule has 0 saturated heterocycles. The van der Waals surface area contributed by atoms with Crippen LogP contribution in [-0.2, 0) is 24.2 Å². The van der Waals surface area contributed by atoms with Gasteiger partial charge in [0.05, 0.1) is 23.8 Å². The maximum absolute atomic E-state index is 11.1. The molecule has 0 aliphatic rings. The average Bonchev–Trinajstić information content (AvgIpc) is 2.85. The number of aliphatic hydroxyl groups is 1. The van der Waals surface area contributed by atoms with Crippen LogP contribution in [0.25, 0.3) is 0 Å². The van der Waals surface area contributed by atoms with Gasteiger partial charge in [0.25, 0.3) is 0 Å². The molecule has 2 rings (SSSR count). The number of nitrogens with zero attached hydrogens (tertiary/aromatic N) is 3. The predicted octanol–water partition coefficient (Wildman–Crippen LogP) is 1.54. The van der Waals surface area contributed by atoms with Crippen LogP contribution in [0.4, 0.5) is 0 Å². The van der Waals surface area contributed by atoms with Crippen LogP contribution in [0.2, 0.25) is 0 Å². The molecule has 1 aromatic heterocycles. The summed E-state index contributed by atoms with van der Waals surface area (Å²) in [5, 5.41) is 27.2. The fraction of sp³-hybridized carbons (Fsp3) is 0.438. The summed E-state index contributed by atoms with van der Waals surface area (Å²) in [5.74, 6) is -0.869. The van der Waals surface area contributed by atoms with E-state index >= 15 is 0 Å². The Morgan fingerprint density at radius 1 is 1.32 bits per heavy atom. The van der Waals surface area contributed by atoms with Gasteiger partial charge in [-0.1, -0.05) is 35.5 Å². The lowest BCUT2D eigenvalue weighted by Crippen LogP contribution is -2.26. The van der Waals surface area contributed by atoms with Crippen molar-refractivity contribution < 1.29 is 15.0 Å². The number of aliphatic carboxylic acids is 1. The summed E-state index contributed by atoms with van der Waals surface area (Å²) in [6.07, 6.45) is 1.97. The smallest absolute Gasteiger partial charge is 0.309 e. The summed E-state index contributed by atoms with van der Waals surface area (Å²) in [4.78, 5) is 11.1. The number of aliphatic hydroxyl groups excluding tert-OH is 1. The minimum Gasteiger partial charge on any atom is -0.481 e. The van der Waals surface area contributed by atoms with Gasteiger partial charge in [0.1, 0.15) is 0 Å². The molecule has 118 valence electrons. The van der Waals surface area contributed by atoms with Crippen LogP contribution < -0.4 is 0 Å². The Morgan fingerprint density at radius 3 is 2.64 bits per heavy atom. The van der Waals surface area contributed by atoms with Gasteiger partial charge in [0.15, 0.2) is 0 Å². The number of hydrogen-bond acceptors (Lipinski definition) is 4. The minimum atomic E-state index is -0.885. The molecule has 1 atom stereocenters. The second-order valence-corrected chi connectivity index (χ2v) is 6.14. The van der Waals surface area contributed by atoms with E-state index in [-0.39, 0.29) is 0 Å². The van der Waals surface area contributed by atoms with Gasteiger partial charge in [0.2, 0.25) is 0 Å². The molecule has 6 heteroatoms. The first kappa shape index (κ1) is 16.2. The van der Waals surface area contributed by atoms with E-state index in [2.05, 4.69) is 10.3 Å². The molecule has 0 radical (unpaired) electrons. The topological polar surface area (TPSA) is 88.2 Å². The Bertz CT molecular complexity index is 623. The third-order valence-electron chi connectivity index (χ3n) is 3.50. The van der Waals surface area contributed by atoms with Crippen molar-refractivity contribution in [3.63, 3.8) is 0 Å². The Kier molecular flexibility index (Phi) is 4.92. The second-order valence-electron chi connectivity index (χ2n) is 6.14. The molecule has 22 heavy (non-hydrogen) atoms. The highest BCUT2D eigenvalue weighted by Gasteiger charge is 2.28. The van der Waals surface area contributed by atoms with Gasteiger partial charge in [-0.25, -0.2) is 4.68 Å². The highest BCUT2D eigenvalue weighted by atomic mass is 16.4. The fourth-order valence-corrected chi connectivity index (χ4v) is 2.20. The number of rotatable bonds is 7. The highest BCUT2D eigenvalue weighted by molar-refractivity contribution is 5.73. The van der Waals surface area contributed by atoms with Crippen molar-refractivity contribution in [3.05, 3.63) is 47.8 Å². The number of carboxylic acid groups (broad SMARTS) is 1. The van der Waals surface area contributed by atoms with Gasteiger partial charge >= 0.3 is 5.97 Å². The van der Waals surface area contributed by atoms with Crippen LogP contribution in [0.5, 0.6) is 0 Å². The van der Waals surface area contributed by atoms with E-state index in [1.54, 1.807) is 24.7 Å². The van der Waals surface area contributed by atoms with E-state index in [1.165, 1.54) is 0 Å². The monoisotopic (exact) mass is 303 g/mol. The molecule has 0 spiro atoms. The summed E-state index contributed by atoms with van der Waals surface area (Å²) in [6, 6.07) is 9.73. The van der Waals surface area contributed by atoms with E-state index in [0.29, 0.717) is 25.1 Å². The highest BCUT2D eigenvalue weighted by Crippen LogP contribution is 2.20. The molecule has 0 aliphatic carbocycles. The lowest BCUT2D eigenvalue weighted by molar-refractivity contribution is -0.146. The Hall–Kier alpha value is -2.21. The van der Waals surface area contributed by atoms with Crippen molar-refractivity contribution in [2.24, 2.45) is 5.41 Å². The molecule has 0 aliphatic heterocycles. The maximum Gasteiger partial charge on any atom is 0.309 e. The van der Waals surface area contributed by atoms with E-state index in [1.807, 2.05) is 30.3 Å². The molecular weight excluding hydrogens is 282 g/mol. The first-order valence-corrected chi connectivity index (χ1v) is 7.21. The Balaban J connectivity index is 1.93. The molecule has 6 nitrogen and oxygen atoms in total. The van der Waals surface area contributed by atoms with E-state index < -0.39 is 17.5 Å². The van der Waals surface area contributed by atoms with Gasteiger partial charge in [-0.15, -0.1) is 5.10 Å². The summed E-state index contributed by atoms with van der Waals surface area (Å²) < 4.78 is 1.56. The summed E-state index contributed by atoms with van der Waals surface area (Å²) in [7, 11) is 0. The molecule has 2 aromatic rings. The van der Waals surface area contributed by atoms with Gasteiger partial charge < -0.3 is 10.2 Å². The summed E-state index contributed by atoms with van der Waals surface area (Å²) >= 11 is 0. The summed E-state index contributed by atoms with van der Waals surface area (Å²) in [6.45, 7) is 3.63. The van der Waals surface area contributed by atoms with Crippen molar-refractivity contribution in [2.45, 2.75) is 39.3 Å². The lowest BCUT2D eigenvalue weighted by atomic mass is 9.88. The van der Waals surface area contributed by atoms with Crippen LogP contribution >= 0.6 is 0 Å². The number of carboxylic acids is 1. The second kappa shape index (κ2) is 6.70. The molecule has 2 N–H and O–H groups in total. The molecular formula is C16H21N3O3. The van der Waals surface area contributed by atoms with Crippen LogP contribution in [0.3, 0.4) is 0 Å². The van der Waals surface area contributed by atoms with Gasteiger partial charge in [0, 0.05) is 19.0 Å². The number of aromatic nitrogens is 3. The van der Waals surface area contributed by atoms with E-state index in [9.17, 15) is 9.90 Å². The summed E-state index contributed by atoms with van der Waals surface area (Å²) in [5.41, 5.74) is 0.783. The van der Waals surface area contributed by atoms with Crippen molar-refractivity contribution >= 4 is 5.97 Å². The molecule has 0 saturated carbocycles. The standard InChI is InChI=1S/C16H21N3O3/c1-16(2,15(21)22)9-13-10-19(18-17-13)11-14(20)8-12-6-4-3-5-7-12/h3-7,10,14,20H,8-9,11H2,1-2H3,(H,21,22). The molecule has 1 heterocycles. The quantitative estimate of drug-likeness (QED) is 0.810. The van der Waals surface area contributed by atoms with Crippen LogP contribution in [0.1, 0.15) is 25.1 Å². The molecule has 1 aromatic carbocycles. The zero-order valence-corrected chi connectivity index (χ0v) is 12.8. The van der Waals surface area contributed by atoms with Gasteiger partial charge in [-0.3, -0.25) is 4.79 Å². The first-order chi connectivity index (χ1) is 10.4. The Morgan fingerprint density at radius 2 is 2.00 bits per heavy atom. The molecule has 0 amide bonds. The van der Waals surface area contributed by atoms with Crippen molar-refractivity contribution in [2.75, 3.05) is 0 Å². The fourth-order valence-electron chi connectivity index (χ4n) is 2.20. The van der Waals surface area contributed by atoms with Crippen molar-refractivity contribution in [1.29, 1.82) is 0 Å². The Labute approximate surface area is 129 Å². The average molecular weight is 303 g/mol. The number of benzene rings is 1. The van der Waals surface area contributed by atoms with Crippen LogP contribution in [0, 0.1) is 5.41 Å². The number of hydrogen-bond donors (Lipinski definition) is 2. The normalized spacial score (nSPS) is 13.0. The molecule has 0 bridgehead atoms. The van der Waals surface area contributed by atoms with E-state index in [0.717, 1.165) is 5.56 Å². The third kappa shape index (κ3) is 4.39. The van der Waals surface area contributed by atoms with Crippen molar-refractivity contribution in [3.8, 4) is 0 Å². The van der Waals surface area contributed by atoms with Crippen LogP contribution in [0.15, 0.2) is 36.5 Å². The van der Waals surface area contributed by atoms with E-state index in [4.69, 9.17) is 5.11 Å². The maximum atomic E-state index is 11.1. The van der Waals surface area contributed by atoms with Crippen molar-refractivity contribution in [1.82, 2.24) is 15.0 Å². The molecule has 1 unspecified atom stereocenters.